The minimum Gasteiger partial charge on any atom is -0.479 e. The van der Waals surface area contributed by atoms with Crippen molar-refractivity contribution < 1.29 is 42.4 Å². The van der Waals surface area contributed by atoms with E-state index in [1.54, 1.807) is 13.8 Å². The number of aliphatic carboxylic acids is 1. The number of carbonyl (C=O) groups excluding carboxylic acids is 1. The van der Waals surface area contributed by atoms with E-state index in [2.05, 4.69) is 10.3 Å². The minimum absolute atomic E-state index is 0.0284. The topological polar surface area (TPSA) is 122 Å². The first-order chi connectivity index (χ1) is 15.5. The lowest BCUT2D eigenvalue weighted by atomic mass is 9.91. The van der Waals surface area contributed by atoms with Crippen molar-refractivity contribution in [2.45, 2.75) is 63.9 Å². The standard InChI is InChI=1S/C21H23F2N3O7/c1-9-12(22)5-11(6-13(9)23)14-7-26(25-24-14)16-17-15(8-30-21(3,4)33-17)32-19(20(28)29)18(16)31-10(2)27/h5-7,15-19H,8H2,1-4H3,(H,28,29)/t15-,16+,17+,18-,19-/m1/s1. The fourth-order valence-electron chi connectivity index (χ4n) is 4.02. The number of hydrogen-bond donors (Lipinski definition) is 1. The molecule has 1 N–H and O–H groups in total. The number of aromatic nitrogens is 3. The summed E-state index contributed by atoms with van der Waals surface area (Å²) in [5, 5.41) is 17.8. The van der Waals surface area contributed by atoms with Gasteiger partial charge in [0.05, 0.1) is 12.8 Å². The zero-order valence-corrected chi connectivity index (χ0v) is 18.3. The molecule has 0 aliphatic carbocycles. The Bertz CT molecular complexity index is 1070. The average Bonchev–Trinajstić information content (AvgIpc) is 3.19. The van der Waals surface area contributed by atoms with Gasteiger partial charge in [0.2, 0.25) is 0 Å². The summed E-state index contributed by atoms with van der Waals surface area (Å²) in [6.45, 7) is 5.83. The van der Waals surface area contributed by atoms with E-state index in [1.807, 2.05) is 0 Å². The Morgan fingerprint density at radius 2 is 1.94 bits per heavy atom. The Hall–Kier alpha value is -2.96. The molecule has 2 saturated heterocycles. The molecule has 3 heterocycles. The number of esters is 1. The highest BCUT2D eigenvalue weighted by atomic mass is 19.1. The van der Waals surface area contributed by atoms with E-state index >= 15 is 0 Å². The van der Waals surface area contributed by atoms with E-state index in [1.165, 1.54) is 17.8 Å². The molecule has 0 spiro atoms. The number of fused-ring (bicyclic) bond motifs is 1. The van der Waals surface area contributed by atoms with Crippen LogP contribution in [0.4, 0.5) is 8.78 Å². The van der Waals surface area contributed by atoms with Gasteiger partial charge in [-0.3, -0.25) is 4.79 Å². The van der Waals surface area contributed by atoms with Crippen LogP contribution in [0.1, 0.15) is 32.4 Å². The van der Waals surface area contributed by atoms with Gasteiger partial charge in [-0.1, -0.05) is 5.21 Å². The van der Waals surface area contributed by atoms with E-state index < -0.39 is 59.8 Å². The molecule has 1 aromatic heterocycles. The van der Waals surface area contributed by atoms with Crippen LogP contribution in [0, 0.1) is 18.6 Å². The average molecular weight is 467 g/mol. The third kappa shape index (κ3) is 4.45. The van der Waals surface area contributed by atoms with E-state index in [-0.39, 0.29) is 23.4 Å². The molecule has 0 radical (unpaired) electrons. The summed E-state index contributed by atoms with van der Waals surface area (Å²) < 4.78 is 52.0. The molecule has 2 fully saturated rings. The van der Waals surface area contributed by atoms with Gasteiger partial charge in [-0.05, 0) is 32.9 Å². The maximum atomic E-state index is 14.1. The van der Waals surface area contributed by atoms with Gasteiger partial charge in [-0.15, -0.1) is 5.10 Å². The highest BCUT2D eigenvalue weighted by molar-refractivity contribution is 5.75. The van der Waals surface area contributed by atoms with Crippen molar-refractivity contribution in [3.63, 3.8) is 0 Å². The van der Waals surface area contributed by atoms with Crippen molar-refractivity contribution in [3.8, 4) is 11.3 Å². The smallest absolute Gasteiger partial charge is 0.336 e. The highest BCUT2D eigenvalue weighted by Gasteiger charge is 2.56. The van der Waals surface area contributed by atoms with E-state index in [4.69, 9.17) is 18.9 Å². The maximum Gasteiger partial charge on any atom is 0.336 e. The number of rotatable bonds is 4. The molecule has 0 amide bonds. The highest BCUT2D eigenvalue weighted by Crippen LogP contribution is 2.40. The molecule has 0 bridgehead atoms. The van der Waals surface area contributed by atoms with Crippen LogP contribution in [-0.2, 0) is 28.5 Å². The molecule has 4 rings (SSSR count). The number of ether oxygens (including phenoxy) is 4. The summed E-state index contributed by atoms with van der Waals surface area (Å²) in [6.07, 6.45) is -3.10. The lowest BCUT2D eigenvalue weighted by molar-refractivity contribution is -0.346. The predicted octanol–water partition coefficient (Wildman–Crippen LogP) is 2.01. The zero-order chi connectivity index (χ0) is 24.1. The molecule has 5 atom stereocenters. The van der Waals surface area contributed by atoms with Crippen LogP contribution in [-0.4, -0.2) is 68.8 Å². The summed E-state index contributed by atoms with van der Waals surface area (Å²) in [4.78, 5) is 23.7. The lowest BCUT2D eigenvalue weighted by Crippen LogP contribution is -2.64. The minimum atomic E-state index is -1.53. The Balaban J connectivity index is 1.78. The van der Waals surface area contributed by atoms with Gasteiger partial charge in [0.15, 0.2) is 18.0 Å². The first-order valence-corrected chi connectivity index (χ1v) is 10.2. The summed E-state index contributed by atoms with van der Waals surface area (Å²) in [6, 6.07) is 1.27. The lowest BCUT2D eigenvalue weighted by Gasteiger charge is -2.49. The van der Waals surface area contributed by atoms with Crippen LogP contribution in [0.2, 0.25) is 0 Å². The molecule has 0 unspecified atom stereocenters. The molecule has 2 aliphatic rings. The SMILES string of the molecule is CC(=O)O[C@@H]1[C@@H](n2cc(-c3cc(F)c(C)c(F)c3)nn2)[C@H]2OC(C)(C)OC[C@H]2O[C@H]1C(=O)O. The zero-order valence-electron chi connectivity index (χ0n) is 18.3. The van der Waals surface area contributed by atoms with Crippen LogP contribution in [0.25, 0.3) is 11.3 Å². The van der Waals surface area contributed by atoms with Gasteiger partial charge in [-0.2, -0.15) is 0 Å². The van der Waals surface area contributed by atoms with Gasteiger partial charge >= 0.3 is 11.9 Å². The Morgan fingerprint density at radius 3 is 2.55 bits per heavy atom. The first kappa shape index (κ1) is 23.2. The second kappa shape index (κ2) is 8.43. The van der Waals surface area contributed by atoms with Crippen molar-refractivity contribution in [2.24, 2.45) is 0 Å². The van der Waals surface area contributed by atoms with Crippen molar-refractivity contribution >= 4 is 11.9 Å². The quantitative estimate of drug-likeness (QED) is 0.673. The second-order valence-electron chi connectivity index (χ2n) is 8.44. The van der Waals surface area contributed by atoms with Crippen molar-refractivity contribution in [1.82, 2.24) is 15.0 Å². The molecule has 10 nitrogen and oxygen atoms in total. The summed E-state index contributed by atoms with van der Waals surface area (Å²) in [5.74, 6) is -4.61. The Morgan fingerprint density at radius 1 is 1.27 bits per heavy atom. The monoisotopic (exact) mass is 467 g/mol. The molecule has 178 valence electrons. The van der Waals surface area contributed by atoms with E-state index in [0.717, 1.165) is 19.1 Å². The summed E-state index contributed by atoms with van der Waals surface area (Å²) >= 11 is 0. The largest absolute Gasteiger partial charge is 0.479 e. The van der Waals surface area contributed by atoms with Crippen molar-refractivity contribution in [1.29, 1.82) is 0 Å². The molecule has 33 heavy (non-hydrogen) atoms. The number of halogens is 2. The number of carbonyl (C=O) groups is 2. The molecule has 2 aliphatic heterocycles. The number of carboxylic acids is 1. The van der Waals surface area contributed by atoms with Gasteiger partial charge in [0.25, 0.3) is 0 Å². The van der Waals surface area contributed by atoms with Crippen LogP contribution >= 0.6 is 0 Å². The summed E-state index contributed by atoms with van der Waals surface area (Å²) in [5.41, 5.74) is 0.142. The predicted molar refractivity (Wildman–Crippen MR) is 106 cm³/mol. The molecular formula is C21H23F2N3O7. The van der Waals surface area contributed by atoms with Crippen molar-refractivity contribution in [3.05, 3.63) is 35.5 Å². The fraction of sp³-hybridized carbons (Fsp3) is 0.524. The van der Waals surface area contributed by atoms with Crippen LogP contribution in [0.5, 0.6) is 0 Å². The fourth-order valence-corrected chi connectivity index (χ4v) is 4.02. The Kier molecular flexibility index (Phi) is 5.93. The second-order valence-corrected chi connectivity index (χ2v) is 8.44. The maximum absolute atomic E-state index is 14.1. The first-order valence-electron chi connectivity index (χ1n) is 10.2. The van der Waals surface area contributed by atoms with Crippen LogP contribution in [0.15, 0.2) is 18.3 Å². The number of benzene rings is 1. The van der Waals surface area contributed by atoms with E-state index in [0.29, 0.717) is 0 Å². The van der Waals surface area contributed by atoms with Crippen LogP contribution in [0.3, 0.4) is 0 Å². The van der Waals surface area contributed by atoms with Gasteiger partial charge in [-0.25, -0.2) is 18.3 Å². The third-order valence-corrected chi connectivity index (χ3v) is 5.61. The molecule has 1 aromatic carbocycles. The van der Waals surface area contributed by atoms with Gasteiger partial charge in [0.1, 0.15) is 35.6 Å². The third-order valence-electron chi connectivity index (χ3n) is 5.61. The number of carboxylic acid groups (broad SMARTS) is 1. The van der Waals surface area contributed by atoms with E-state index in [9.17, 15) is 23.5 Å². The van der Waals surface area contributed by atoms with Crippen molar-refractivity contribution in [2.75, 3.05) is 6.61 Å². The number of hydrogen-bond acceptors (Lipinski definition) is 8. The molecular weight excluding hydrogens is 444 g/mol. The molecule has 0 saturated carbocycles. The summed E-state index contributed by atoms with van der Waals surface area (Å²) in [7, 11) is 0. The molecule has 2 aromatic rings. The normalized spacial score (nSPS) is 28.7. The molecule has 12 heteroatoms. The Labute approximate surface area is 187 Å². The van der Waals surface area contributed by atoms with Gasteiger partial charge in [0, 0.05) is 18.1 Å². The van der Waals surface area contributed by atoms with Gasteiger partial charge < -0.3 is 24.1 Å². The number of nitrogens with zero attached hydrogens (tertiary/aromatic N) is 3. The van der Waals surface area contributed by atoms with Crippen LogP contribution < -0.4 is 0 Å².